The molecule has 0 aromatic carbocycles. The van der Waals surface area contributed by atoms with Gasteiger partial charge in [-0.05, 0) is 20.3 Å². The number of nitrogens with one attached hydrogen (secondary N) is 1. The molecule has 3 N–H and O–H groups in total. The van der Waals surface area contributed by atoms with E-state index >= 15 is 0 Å². The number of aromatic amines is 1. The zero-order chi connectivity index (χ0) is 15.9. The molecule has 3 aromatic heterocycles. The van der Waals surface area contributed by atoms with Crippen LogP contribution in [-0.2, 0) is 6.54 Å². The average Bonchev–Trinajstić information content (AvgIpc) is 3.02. The van der Waals surface area contributed by atoms with Gasteiger partial charge in [-0.25, -0.2) is 4.98 Å². The van der Waals surface area contributed by atoms with Crippen LogP contribution in [0.1, 0.15) is 46.1 Å². The zero-order valence-electron chi connectivity index (χ0n) is 13.4. The molecule has 6 heteroatoms. The standard InChI is InChI=1S/C16H23N5O/c1-4-5-6-7-21-15-11(8-18-21)14(17)13-12(19-15)9-20(10(2)3)16(13)22/h8-10,18H,4-7,17H2,1-3H3. The van der Waals surface area contributed by atoms with Crippen LogP contribution in [0.2, 0.25) is 0 Å². The molecule has 0 aliphatic rings. The van der Waals surface area contributed by atoms with E-state index in [2.05, 4.69) is 17.0 Å². The molecule has 0 fully saturated rings. The molecule has 3 heterocycles. The van der Waals surface area contributed by atoms with Crippen molar-refractivity contribution in [2.45, 2.75) is 52.6 Å². The van der Waals surface area contributed by atoms with Crippen molar-refractivity contribution in [1.29, 1.82) is 0 Å². The topological polar surface area (TPSA) is 81.6 Å². The number of nitrogen functional groups attached to an aromatic ring is 1. The van der Waals surface area contributed by atoms with Crippen molar-refractivity contribution < 1.29 is 0 Å². The second-order valence-corrected chi connectivity index (χ2v) is 6.09. The average molecular weight is 301 g/mol. The van der Waals surface area contributed by atoms with E-state index in [1.165, 1.54) is 12.8 Å². The van der Waals surface area contributed by atoms with Crippen LogP contribution in [0.4, 0.5) is 5.69 Å². The van der Waals surface area contributed by atoms with Gasteiger partial charge in [0.1, 0.15) is 0 Å². The highest BCUT2D eigenvalue weighted by Gasteiger charge is 2.17. The highest BCUT2D eigenvalue weighted by molar-refractivity contribution is 6.05. The fourth-order valence-corrected chi connectivity index (χ4v) is 2.89. The number of rotatable bonds is 5. The number of pyridine rings is 1. The lowest BCUT2D eigenvalue weighted by Crippen LogP contribution is -2.16. The molecule has 0 unspecified atom stereocenters. The summed E-state index contributed by atoms with van der Waals surface area (Å²) in [5, 5.41) is 4.55. The molecule has 3 rings (SSSR count). The van der Waals surface area contributed by atoms with Gasteiger partial charge < -0.3 is 15.4 Å². The molecule has 0 atom stereocenters. The third-order valence-corrected chi connectivity index (χ3v) is 4.15. The van der Waals surface area contributed by atoms with E-state index in [0.29, 0.717) is 16.6 Å². The van der Waals surface area contributed by atoms with Crippen molar-refractivity contribution in [3.05, 3.63) is 22.7 Å². The maximum absolute atomic E-state index is 12.5. The van der Waals surface area contributed by atoms with Crippen molar-refractivity contribution in [2.75, 3.05) is 5.73 Å². The highest BCUT2D eigenvalue weighted by Crippen LogP contribution is 2.27. The Labute approximate surface area is 128 Å². The third-order valence-electron chi connectivity index (χ3n) is 4.15. The molecule has 0 amide bonds. The van der Waals surface area contributed by atoms with E-state index in [-0.39, 0.29) is 11.6 Å². The van der Waals surface area contributed by atoms with Gasteiger partial charge in [0, 0.05) is 25.0 Å². The first kappa shape index (κ1) is 14.7. The summed E-state index contributed by atoms with van der Waals surface area (Å²) in [7, 11) is 0. The van der Waals surface area contributed by atoms with E-state index in [1.54, 1.807) is 4.57 Å². The van der Waals surface area contributed by atoms with Crippen LogP contribution < -0.4 is 11.3 Å². The SMILES string of the molecule is CCCCCn1[nH]cc2c(N)c3c(=O)n(C(C)C)cc3nc21. The third kappa shape index (κ3) is 2.19. The monoisotopic (exact) mass is 301 g/mol. The van der Waals surface area contributed by atoms with Gasteiger partial charge in [-0.3, -0.25) is 9.48 Å². The Morgan fingerprint density at radius 2 is 2.14 bits per heavy atom. The molecule has 0 aliphatic carbocycles. The smallest absolute Gasteiger partial charge is 0.262 e. The first-order valence-corrected chi connectivity index (χ1v) is 7.92. The van der Waals surface area contributed by atoms with Crippen LogP contribution in [0, 0.1) is 0 Å². The molecule has 118 valence electrons. The Kier molecular flexibility index (Phi) is 3.68. The lowest BCUT2D eigenvalue weighted by Gasteiger charge is -2.04. The number of aryl methyl sites for hydroxylation is 1. The van der Waals surface area contributed by atoms with Crippen molar-refractivity contribution in [3.63, 3.8) is 0 Å². The van der Waals surface area contributed by atoms with Crippen molar-refractivity contribution in [2.24, 2.45) is 0 Å². The number of hydrogen-bond acceptors (Lipinski definition) is 3. The largest absolute Gasteiger partial charge is 0.397 e. The number of H-pyrrole nitrogens is 1. The van der Waals surface area contributed by atoms with Crippen LogP contribution >= 0.6 is 0 Å². The molecular weight excluding hydrogens is 278 g/mol. The minimum atomic E-state index is -0.0596. The number of aromatic nitrogens is 4. The number of unbranched alkanes of at least 4 members (excludes halogenated alkanes) is 2. The lowest BCUT2D eigenvalue weighted by atomic mass is 10.2. The van der Waals surface area contributed by atoms with E-state index in [4.69, 9.17) is 5.73 Å². The first-order valence-electron chi connectivity index (χ1n) is 7.92. The minimum absolute atomic E-state index is 0.0596. The molecule has 6 nitrogen and oxygen atoms in total. The fraction of sp³-hybridized carbons (Fsp3) is 0.500. The second-order valence-electron chi connectivity index (χ2n) is 6.09. The molecule has 3 aromatic rings. The summed E-state index contributed by atoms with van der Waals surface area (Å²) < 4.78 is 3.70. The molecule has 0 radical (unpaired) electrons. The number of nitrogens with two attached hydrogens (primary N) is 1. The van der Waals surface area contributed by atoms with Gasteiger partial charge in [-0.15, -0.1) is 0 Å². The second kappa shape index (κ2) is 5.51. The van der Waals surface area contributed by atoms with E-state index < -0.39 is 0 Å². The molecule has 0 saturated heterocycles. The maximum atomic E-state index is 12.5. The fourth-order valence-electron chi connectivity index (χ4n) is 2.89. The van der Waals surface area contributed by atoms with Crippen LogP contribution in [0.3, 0.4) is 0 Å². The first-order chi connectivity index (χ1) is 10.5. The Hall–Kier alpha value is -2.24. The van der Waals surface area contributed by atoms with E-state index in [1.807, 2.05) is 30.9 Å². The summed E-state index contributed by atoms with van der Waals surface area (Å²) in [6, 6.07) is 0.0960. The summed E-state index contributed by atoms with van der Waals surface area (Å²) in [6.07, 6.45) is 7.10. The van der Waals surface area contributed by atoms with Crippen molar-refractivity contribution in [3.8, 4) is 0 Å². The van der Waals surface area contributed by atoms with Gasteiger partial charge >= 0.3 is 0 Å². The molecule has 0 bridgehead atoms. The van der Waals surface area contributed by atoms with Gasteiger partial charge in [-0.1, -0.05) is 19.8 Å². The lowest BCUT2D eigenvalue weighted by molar-refractivity contribution is 0.564. The van der Waals surface area contributed by atoms with Crippen LogP contribution in [-0.4, -0.2) is 19.3 Å². The molecule has 0 saturated carbocycles. The Balaban J connectivity index is 2.18. The van der Waals surface area contributed by atoms with Crippen molar-refractivity contribution >= 4 is 27.6 Å². The van der Waals surface area contributed by atoms with E-state index in [0.717, 1.165) is 24.0 Å². The van der Waals surface area contributed by atoms with Gasteiger partial charge in [-0.2, -0.15) is 0 Å². The molecule has 0 aliphatic heterocycles. The van der Waals surface area contributed by atoms with Crippen LogP contribution in [0.25, 0.3) is 21.9 Å². The summed E-state index contributed by atoms with van der Waals surface area (Å²) in [5.41, 5.74) is 8.21. The summed E-state index contributed by atoms with van der Waals surface area (Å²) in [5.74, 6) is 0. The number of fused-ring (bicyclic) bond motifs is 2. The molecular formula is C16H23N5O. The van der Waals surface area contributed by atoms with Gasteiger partial charge in [0.15, 0.2) is 5.65 Å². The Bertz CT molecular complexity index is 868. The number of nitrogens with zero attached hydrogens (tertiary/aromatic N) is 3. The summed E-state index contributed by atoms with van der Waals surface area (Å²) in [4.78, 5) is 17.2. The summed E-state index contributed by atoms with van der Waals surface area (Å²) in [6.45, 7) is 7.02. The Morgan fingerprint density at radius 3 is 2.82 bits per heavy atom. The quantitative estimate of drug-likeness (QED) is 0.711. The number of hydrogen-bond donors (Lipinski definition) is 2. The van der Waals surface area contributed by atoms with Crippen LogP contribution in [0.15, 0.2) is 17.2 Å². The Morgan fingerprint density at radius 1 is 1.36 bits per heavy atom. The van der Waals surface area contributed by atoms with Crippen molar-refractivity contribution in [1.82, 2.24) is 19.3 Å². The number of anilines is 1. The zero-order valence-corrected chi connectivity index (χ0v) is 13.4. The maximum Gasteiger partial charge on any atom is 0.262 e. The minimum Gasteiger partial charge on any atom is -0.397 e. The predicted molar refractivity (Wildman–Crippen MR) is 90.2 cm³/mol. The predicted octanol–water partition coefficient (Wildman–Crippen LogP) is 3.03. The van der Waals surface area contributed by atoms with Gasteiger partial charge in [0.2, 0.25) is 0 Å². The molecule has 22 heavy (non-hydrogen) atoms. The molecule has 0 spiro atoms. The summed E-state index contributed by atoms with van der Waals surface area (Å²) >= 11 is 0. The van der Waals surface area contributed by atoms with Gasteiger partial charge in [0.05, 0.1) is 22.0 Å². The van der Waals surface area contributed by atoms with Crippen LogP contribution in [0.5, 0.6) is 0 Å². The normalized spacial score (nSPS) is 12.0. The van der Waals surface area contributed by atoms with E-state index in [9.17, 15) is 4.79 Å². The van der Waals surface area contributed by atoms with Gasteiger partial charge in [0.25, 0.3) is 5.56 Å². The highest BCUT2D eigenvalue weighted by atomic mass is 16.1.